The summed E-state index contributed by atoms with van der Waals surface area (Å²) in [6.07, 6.45) is 5.57. The Morgan fingerprint density at radius 2 is 2.00 bits per heavy atom. The topological polar surface area (TPSA) is 20.2 Å². The molecule has 50 valence electrons. The van der Waals surface area contributed by atoms with Gasteiger partial charge in [0.2, 0.25) is 0 Å². The molecule has 2 aliphatic rings. The van der Waals surface area contributed by atoms with Gasteiger partial charge in [-0.1, -0.05) is 19.1 Å². The third-order valence-corrected chi connectivity index (χ3v) is 2.80. The molecule has 0 saturated heterocycles. The molecular formula is C8H12O. The van der Waals surface area contributed by atoms with Gasteiger partial charge in [-0.3, -0.25) is 0 Å². The number of hydrogen-bond acceptors (Lipinski definition) is 1. The largest absolute Gasteiger partial charge is 0.392 e. The second-order valence-electron chi connectivity index (χ2n) is 3.30. The fraction of sp³-hybridized carbons (Fsp3) is 0.750. The summed E-state index contributed by atoms with van der Waals surface area (Å²) >= 11 is 0. The Morgan fingerprint density at radius 1 is 1.33 bits per heavy atom. The summed E-state index contributed by atoms with van der Waals surface area (Å²) < 4.78 is 0. The van der Waals surface area contributed by atoms with Crippen LogP contribution < -0.4 is 0 Å². The Morgan fingerprint density at radius 3 is 2.33 bits per heavy atom. The number of aliphatic hydroxyl groups is 1. The Kier molecular flexibility index (Phi) is 0.974. The fourth-order valence-electron chi connectivity index (χ4n) is 2.04. The van der Waals surface area contributed by atoms with Crippen molar-refractivity contribution in [1.29, 1.82) is 0 Å². The molecule has 1 N–H and O–H groups in total. The summed E-state index contributed by atoms with van der Waals surface area (Å²) in [6.45, 7) is 2.14. The maximum absolute atomic E-state index is 9.44. The molecule has 0 heterocycles. The van der Waals surface area contributed by atoms with Gasteiger partial charge in [-0.15, -0.1) is 0 Å². The normalized spacial score (nSPS) is 54.9. The van der Waals surface area contributed by atoms with E-state index in [2.05, 4.69) is 19.1 Å². The summed E-state index contributed by atoms with van der Waals surface area (Å²) in [5, 5.41) is 9.44. The van der Waals surface area contributed by atoms with Crippen LogP contribution in [0.5, 0.6) is 0 Å². The highest BCUT2D eigenvalue weighted by molar-refractivity contribution is 5.13. The van der Waals surface area contributed by atoms with E-state index in [9.17, 15) is 5.11 Å². The zero-order valence-corrected chi connectivity index (χ0v) is 5.62. The standard InChI is InChI=1S/C8H12O/c1-5-6-2-3-7(4-6)8(5)9/h2-3,5-9H,4H2,1H3/t5-,6+,7-,8+/m1/s1. The van der Waals surface area contributed by atoms with Crippen LogP contribution in [0.2, 0.25) is 0 Å². The predicted octanol–water partition coefficient (Wildman–Crippen LogP) is 1.19. The molecule has 1 fully saturated rings. The van der Waals surface area contributed by atoms with Crippen molar-refractivity contribution in [2.24, 2.45) is 17.8 Å². The van der Waals surface area contributed by atoms with E-state index >= 15 is 0 Å². The van der Waals surface area contributed by atoms with Crippen LogP contribution in [0, 0.1) is 17.8 Å². The molecular weight excluding hydrogens is 112 g/mol. The van der Waals surface area contributed by atoms with Crippen LogP contribution in [0.25, 0.3) is 0 Å². The number of allylic oxidation sites excluding steroid dienone is 1. The molecule has 1 nitrogen and oxygen atoms in total. The average Bonchev–Trinajstić information content (AvgIpc) is 2.37. The zero-order valence-electron chi connectivity index (χ0n) is 5.62. The van der Waals surface area contributed by atoms with Crippen molar-refractivity contribution >= 4 is 0 Å². The first-order valence-corrected chi connectivity index (χ1v) is 3.65. The van der Waals surface area contributed by atoms with Crippen molar-refractivity contribution in [3.05, 3.63) is 12.2 Å². The van der Waals surface area contributed by atoms with Crippen LogP contribution in [0.1, 0.15) is 13.3 Å². The smallest absolute Gasteiger partial charge is 0.0634 e. The lowest BCUT2D eigenvalue weighted by molar-refractivity contribution is 0.105. The third-order valence-electron chi connectivity index (χ3n) is 2.80. The maximum Gasteiger partial charge on any atom is 0.0634 e. The Labute approximate surface area is 55.4 Å². The molecule has 0 spiro atoms. The molecule has 2 aliphatic carbocycles. The lowest BCUT2D eigenvalue weighted by Gasteiger charge is -2.18. The van der Waals surface area contributed by atoms with Crippen molar-refractivity contribution in [1.82, 2.24) is 0 Å². The minimum atomic E-state index is -0.0417. The molecule has 0 aromatic heterocycles. The quantitative estimate of drug-likeness (QED) is 0.481. The minimum absolute atomic E-state index is 0.0417. The Bertz CT molecular complexity index is 135. The van der Waals surface area contributed by atoms with E-state index in [1.165, 1.54) is 6.42 Å². The molecule has 2 rings (SSSR count). The molecule has 2 bridgehead atoms. The van der Waals surface area contributed by atoms with Crippen molar-refractivity contribution in [3.63, 3.8) is 0 Å². The fourth-order valence-corrected chi connectivity index (χ4v) is 2.04. The van der Waals surface area contributed by atoms with Gasteiger partial charge in [0, 0.05) is 5.92 Å². The van der Waals surface area contributed by atoms with E-state index in [0.717, 1.165) is 0 Å². The SMILES string of the molecule is C[C@H]1[C@H](O)[C@@H]2C=C[C@H]1C2. The summed E-state index contributed by atoms with van der Waals surface area (Å²) in [5.41, 5.74) is 0. The van der Waals surface area contributed by atoms with E-state index in [1.54, 1.807) is 0 Å². The second-order valence-corrected chi connectivity index (χ2v) is 3.30. The first-order chi connectivity index (χ1) is 4.29. The van der Waals surface area contributed by atoms with Crippen molar-refractivity contribution in [3.8, 4) is 0 Å². The van der Waals surface area contributed by atoms with Crippen LogP contribution in [-0.4, -0.2) is 11.2 Å². The highest BCUT2D eigenvalue weighted by Gasteiger charge is 2.40. The molecule has 0 aliphatic heterocycles. The molecule has 0 aromatic rings. The second kappa shape index (κ2) is 1.60. The van der Waals surface area contributed by atoms with Crippen LogP contribution in [-0.2, 0) is 0 Å². The monoisotopic (exact) mass is 124 g/mol. The molecule has 9 heavy (non-hydrogen) atoms. The maximum atomic E-state index is 9.44. The van der Waals surface area contributed by atoms with Gasteiger partial charge in [0.05, 0.1) is 6.10 Å². The average molecular weight is 124 g/mol. The zero-order chi connectivity index (χ0) is 6.43. The first kappa shape index (κ1) is 5.48. The molecule has 1 heteroatoms. The van der Waals surface area contributed by atoms with Gasteiger partial charge in [0.15, 0.2) is 0 Å². The minimum Gasteiger partial charge on any atom is -0.392 e. The molecule has 0 radical (unpaired) electrons. The van der Waals surface area contributed by atoms with E-state index in [4.69, 9.17) is 0 Å². The van der Waals surface area contributed by atoms with Crippen LogP contribution in [0.15, 0.2) is 12.2 Å². The predicted molar refractivity (Wildman–Crippen MR) is 35.9 cm³/mol. The third kappa shape index (κ3) is 0.584. The van der Waals surface area contributed by atoms with Crippen molar-refractivity contribution in [2.45, 2.75) is 19.4 Å². The lowest BCUT2D eigenvalue weighted by atomic mass is 9.93. The van der Waals surface area contributed by atoms with E-state index in [-0.39, 0.29) is 6.10 Å². The molecule has 0 unspecified atom stereocenters. The van der Waals surface area contributed by atoms with Crippen LogP contribution >= 0.6 is 0 Å². The number of hydrogen-bond donors (Lipinski definition) is 1. The van der Waals surface area contributed by atoms with E-state index in [0.29, 0.717) is 17.8 Å². The highest BCUT2D eigenvalue weighted by atomic mass is 16.3. The lowest BCUT2D eigenvalue weighted by Crippen LogP contribution is -2.21. The Hall–Kier alpha value is -0.300. The van der Waals surface area contributed by atoms with Crippen molar-refractivity contribution in [2.75, 3.05) is 0 Å². The summed E-state index contributed by atoms with van der Waals surface area (Å²) in [7, 11) is 0. The molecule has 0 aromatic carbocycles. The van der Waals surface area contributed by atoms with Gasteiger partial charge < -0.3 is 5.11 Å². The first-order valence-electron chi connectivity index (χ1n) is 3.65. The summed E-state index contributed by atoms with van der Waals surface area (Å²) in [5.74, 6) is 1.69. The Balaban J connectivity index is 2.26. The van der Waals surface area contributed by atoms with Crippen LogP contribution in [0.3, 0.4) is 0 Å². The number of aliphatic hydroxyl groups excluding tert-OH is 1. The van der Waals surface area contributed by atoms with E-state index in [1.807, 2.05) is 0 Å². The van der Waals surface area contributed by atoms with Gasteiger partial charge >= 0.3 is 0 Å². The van der Waals surface area contributed by atoms with Gasteiger partial charge in [0.1, 0.15) is 0 Å². The summed E-state index contributed by atoms with van der Waals surface area (Å²) in [6, 6.07) is 0. The highest BCUT2D eigenvalue weighted by Crippen LogP contribution is 2.42. The molecule has 0 amide bonds. The van der Waals surface area contributed by atoms with E-state index < -0.39 is 0 Å². The van der Waals surface area contributed by atoms with Crippen LogP contribution in [0.4, 0.5) is 0 Å². The number of fused-ring (bicyclic) bond motifs is 2. The summed E-state index contributed by atoms with van der Waals surface area (Å²) in [4.78, 5) is 0. The van der Waals surface area contributed by atoms with Gasteiger partial charge in [-0.2, -0.15) is 0 Å². The van der Waals surface area contributed by atoms with Gasteiger partial charge in [-0.05, 0) is 18.3 Å². The van der Waals surface area contributed by atoms with Gasteiger partial charge in [-0.25, -0.2) is 0 Å². The molecule has 1 saturated carbocycles. The van der Waals surface area contributed by atoms with Crippen molar-refractivity contribution < 1.29 is 5.11 Å². The van der Waals surface area contributed by atoms with Gasteiger partial charge in [0.25, 0.3) is 0 Å². The molecule has 4 atom stereocenters. The number of rotatable bonds is 0.